The lowest BCUT2D eigenvalue weighted by atomic mass is 10.1. The first kappa shape index (κ1) is 10.5. The first-order valence-electron chi connectivity index (χ1n) is 5.70. The molecule has 1 aliphatic rings. The predicted octanol–water partition coefficient (Wildman–Crippen LogP) is 3.40. The first-order chi connectivity index (χ1) is 7.04. The highest BCUT2D eigenvalue weighted by Gasteiger charge is 2.10. The van der Waals surface area contributed by atoms with Crippen LogP contribution in [0.15, 0.2) is 18.2 Å². The van der Waals surface area contributed by atoms with Gasteiger partial charge in [-0.2, -0.15) is 0 Å². The van der Waals surface area contributed by atoms with Crippen LogP contribution in [0, 0.1) is 11.5 Å². The van der Waals surface area contributed by atoms with Crippen molar-refractivity contribution in [2.45, 2.75) is 38.9 Å². The van der Waals surface area contributed by atoms with Gasteiger partial charge in [0.1, 0.15) is 8.07 Å². The Morgan fingerprint density at radius 1 is 1.07 bits per heavy atom. The Morgan fingerprint density at radius 3 is 2.53 bits per heavy atom. The maximum Gasteiger partial charge on any atom is 0.129 e. The molecule has 0 saturated carbocycles. The molecule has 1 aromatic rings. The Kier molecular flexibility index (Phi) is 2.71. The van der Waals surface area contributed by atoms with Crippen LogP contribution in [0.5, 0.6) is 0 Å². The van der Waals surface area contributed by atoms with E-state index >= 15 is 0 Å². The minimum atomic E-state index is -1.23. The maximum atomic E-state index is 3.42. The van der Waals surface area contributed by atoms with Crippen molar-refractivity contribution < 1.29 is 0 Å². The van der Waals surface area contributed by atoms with E-state index in [0.29, 0.717) is 0 Å². The average Bonchev–Trinajstić information content (AvgIpc) is 2.60. The number of aryl methyl sites for hydroxylation is 2. The van der Waals surface area contributed by atoms with Gasteiger partial charge in [-0.15, -0.1) is 5.54 Å². The minimum absolute atomic E-state index is 1.21. The van der Waals surface area contributed by atoms with Crippen molar-refractivity contribution >= 4 is 8.07 Å². The van der Waals surface area contributed by atoms with Gasteiger partial charge in [0.25, 0.3) is 0 Å². The van der Waals surface area contributed by atoms with E-state index in [9.17, 15) is 0 Å². The summed E-state index contributed by atoms with van der Waals surface area (Å²) in [6.07, 6.45) is 3.83. The Bertz CT molecular complexity index is 427. The van der Waals surface area contributed by atoms with Crippen LogP contribution in [0.4, 0.5) is 0 Å². The molecule has 2 rings (SSSR count). The molecule has 15 heavy (non-hydrogen) atoms. The number of hydrogen-bond acceptors (Lipinski definition) is 0. The van der Waals surface area contributed by atoms with Crippen molar-refractivity contribution in [3.05, 3.63) is 34.9 Å². The molecule has 0 bridgehead atoms. The van der Waals surface area contributed by atoms with E-state index in [2.05, 4.69) is 49.3 Å². The van der Waals surface area contributed by atoms with Crippen molar-refractivity contribution in [3.63, 3.8) is 0 Å². The molecule has 78 valence electrons. The van der Waals surface area contributed by atoms with E-state index in [1.807, 2.05) is 0 Å². The molecule has 0 aliphatic heterocycles. The summed E-state index contributed by atoms with van der Waals surface area (Å²) in [5, 5.41) is 0. The average molecular weight is 214 g/mol. The second kappa shape index (κ2) is 3.87. The van der Waals surface area contributed by atoms with Crippen molar-refractivity contribution in [2.24, 2.45) is 0 Å². The van der Waals surface area contributed by atoms with Gasteiger partial charge in [-0.1, -0.05) is 31.6 Å². The van der Waals surface area contributed by atoms with Gasteiger partial charge in [0.15, 0.2) is 0 Å². The highest BCUT2D eigenvalue weighted by molar-refractivity contribution is 6.83. The predicted molar refractivity (Wildman–Crippen MR) is 68.7 cm³/mol. The lowest BCUT2D eigenvalue weighted by Crippen LogP contribution is -2.16. The normalized spacial score (nSPS) is 14.3. The largest absolute Gasteiger partial charge is 0.129 e. The van der Waals surface area contributed by atoms with Gasteiger partial charge >= 0.3 is 0 Å². The van der Waals surface area contributed by atoms with Crippen molar-refractivity contribution in [1.82, 2.24) is 0 Å². The molecule has 1 heteroatoms. The molecular formula is C14H18Si. The Labute approximate surface area is 93.7 Å². The molecule has 0 radical (unpaired) electrons. The fourth-order valence-electron chi connectivity index (χ4n) is 1.91. The molecule has 0 unspecified atom stereocenters. The highest BCUT2D eigenvalue weighted by atomic mass is 28.3. The van der Waals surface area contributed by atoms with Crippen LogP contribution in [-0.4, -0.2) is 8.07 Å². The summed E-state index contributed by atoms with van der Waals surface area (Å²) in [4.78, 5) is 0. The van der Waals surface area contributed by atoms with E-state index in [1.165, 1.54) is 36.0 Å². The van der Waals surface area contributed by atoms with Gasteiger partial charge in [-0.3, -0.25) is 0 Å². The fourth-order valence-corrected chi connectivity index (χ4v) is 2.43. The second-order valence-electron chi connectivity index (χ2n) is 5.34. The van der Waals surface area contributed by atoms with Crippen LogP contribution in [0.2, 0.25) is 19.6 Å². The molecule has 0 N–H and O–H groups in total. The Balaban J connectivity index is 2.27. The molecule has 0 nitrogen and oxygen atoms in total. The third kappa shape index (κ3) is 2.73. The number of rotatable bonds is 0. The van der Waals surface area contributed by atoms with E-state index < -0.39 is 8.07 Å². The SMILES string of the molecule is C[Si](C)(C)C#Cc1ccc2c(c1)CCC2. The van der Waals surface area contributed by atoms with E-state index in [4.69, 9.17) is 0 Å². The summed E-state index contributed by atoms with van der Waals surface area (Å²) in [5.41, 5.74) is 7.69. The lowest BCUT2D eigenvalue weighted by Gasteiger charge is -2.04. The van der Waals surface area contributed by atoms with Crippen LogP contribution in [-0.2, 0) is 12.8 Å². The summed E-state index contributed by atoms with van der Waals surface area (Å²) in [6.45, 7) is 6.86. The van der Waals surface area contributed by atoms with Gasteiger partial charge in [-0.25, -0.2) is 0 Å². The molecule has 0 amide bonds. The van der Waals surface area contributed by atoms with E-state index in [1.54, 1.807) is 0 Å². The molecule has 0 aromatic heterocycles. The van der Waals surface area contributed by atoms with Crippen LogP contribution in [0.25, 0.3) is 0 Å². The topological polar surface area (TPSA) is 0 Å². The van der Waals surface area contributed by atoms with Gasteiger partial charge < -0.3 is 0 Å². The molecular weight excluding hydrogens is 196 g/mol. The molecule has 0 atom stereocenters. The fraction of sp³-hybridized carbons (Fsp3) is 0.429. The number of fused-ring (bicyclic) bond motifs is 1. The van der Waals surface area contributed by atoms with Crippen molar-refractivity contribution in [3.8, 4) is 11.5 Å². The molecule has 1 aliphatic carbocycles. The molecule has 0 spiro atoms. The Morgan fingerprint density at radius 2 is 1.80 bits per heavy atom. The third-order valence-corrected chi connectivity index (χ3v) is 3.56. The van der Waals surface area contributed by atoms with Gasteiger partial charge in [-0.05, 0) is 42.5 Å². The molecule has 0 heterocycles. The summed E-state index contributed by atoms with van der Waals surface area (Å²) in [5.74, 6) is 3.33. The summed E-state index contributed by atoms with van der Waals surface area (Å²) < 4.78 is 0. The van der Waals surface area contributed by atoms with Crippen LogP contribution in [0.3, 0.4) is 0 Å². The third-order valence-electron chi connectivity index (χ3n) is 2.68. The smallest absolute Gasteiger partial charge is 0.127 e. The standard InChI is InChI=1S/C14H18Si/c1-15(2,3)10-9-12-7-8-13-5-4-6-14(13)11-12/h7-8,11H,4-6H2,1-3H3. The molecule has 1 aromatic carbocycles. The first-order valence-corrected chi connectivity index (χ1v) is 9.20. The zero-order valence-corrected chi connectivity index (χ0v) is 10.9. The second-order valence-corrected chi connectivity index (χ2v) is 10.1. The summed E-state index contributed by atoms with van der Waals surface area (Å²) in [6, 6.07) is 6.73. The van der Waals surface area contributed by atoms with Crippen LogP contribution < -0.4 is 0 Å². The lowest BCUT2D eigenvalue weighted by molar-refractivity contribution is 0.912. The van der Waals surface area contributed by atoms with Crippen molar-refractivity contribution in [1.29, 1.82) is 0 Å². The van der Waals surface area contributed by atoms with Gasteiger partial charge in [0.2, 0.25) is 0 Å². The number of hydrogen-bond donors (Lipinski definition) is 0. The highest BCUT2D eigenvalue weighted by Crippen LogP contribution is 2.22. The summed E-state index contributed by atoms with van der Waals surface area (Å²) in [7, 11) is -1.23. The van der Waals surface area contributed by atoms with Crippen LogP contribution in [0.1, 0.15) is 23.1 Å². The quantitative estimate of drug-likeness (QED) is 0.459. The zero-order valence-electron chi connectivity index (χ0n) is 9.85. The molecule has 0 fully saturated rings. The van der Waals surface area contributed by atoms with E-state index in [0.717, 1.165) is 0 Å². The van der Waals surface area contributed by atoms with Crippen molar-refractivity contribution in [2.75, 3.05) is 0 Å². The summed E-state index contributed by atoms with van der Waals surface area (Å²) >= 11 is 0. The maximum absolute atomic E-state index is 3.42. The van der Waals surface area contributed by atoms with Gasteiger partial charge in [0, 0.05) is 5.56 Å². The van der Waals surface area contributed by atoms with Crippen LogP contribution >= 0.6 is 0 Å². The van der Waals surface area contributed by atoms with Gasteiger partial charge in [0.05, 0.1) is 0 Å². The Hall–Kier alpha value is -1.00. The molecule has 0 saturated heterocycles. The monoisotopic (exact) mass is 214 g/mol. The number of benzene rings is 1. The van der Waals surface area contributed by atoms with E-state index in [-0.39, 0.29) is 0 Å². The zero-order chi connectivity index (χ0) is 10.9. The minimum Gasteiger partial charge on any atom is -0.127 e.